The molecule has 0 saturated heterocycles. The largest absolute Gasteiger partial charge is 0.490 e. The highest BCUT2D eigenvalue weighted by Crippen LogP contribution is 2.19. The van der Waals surface area contributed by atoms with Crippen LogP contribution in [0.25, 0.3) is 0 Å². The fourth-order valence-electron chi connectivity index (χ4n) is 2.29. The van der Waals surface area contributed by atoms with E-state index in [9.17, 15) is 0 Å². The molecular weight excluding hydrogens is 328 g/mol. The highest BCUT2D eigenvalue weighted by Gasteiger charge is 2.06. The maximum atomic E-state index is 5.48. The zero-order chi connectivity index (χ0) is 18.6. The summed E-state index contributed by atoms with van der Waals surface area (Å²) in [6, 6.07) is 7.61. The van der Waals surface area contributed by atoms with Crippen LogP contribution in [0.4, 0.5) is 23.5 Å². The van der Waals surface area contributed by atoms with Crippen LogP contribution in [0.5, 0.6) is 5.75 Å². The number of aromatic nitrogens is 3. The Bertz CT molecular complexity index is 674. The van der Waals surface area contributed by atoms with Gasteiger partial charge in [-0.3, -0.25) is 0 Å². The van der Waals surface area contributed by atoms with Crippen LogP contribution >= 0.6 is 0 Å². The summed E-state index contributed by atoms with van der Waals surface area (Å²) >= 11 is 0. The van der Waals surface area contributed by atoms with E-state index in [0.29, 0.717) is 24.5 Å². The third kappa shape index (κ3) is 6.58. The summed E-state index contributed by atoms with van der Waals surface area (Å²) in [7, 11) is 1.79. The van der Waals surface area contributed by atoms with Crippen LogP contribution in [0.3, 0.4) is 0 Å². The Morgan fingerprint density at radius 1 is 1.00 bits per heavy atom. The molecule has 7 nitrogen and oxygen atoms in total. The molecule has 0 saturated carbocycles. The predicted molar refractivity (Wildman–Crippen MR) is 107 cm³/mol. The summed E-state index contributed by atoms with van der Waals surface area (Å²) < 4.78 is 5.48. The average Bonchev–Trinajstić information content (AvgIpc) is 2.67. The standard InChI is InChI=1S/C19H28N6O/c1-4-6-7-8-13-21-18-23-17(20-3)24-19(25-18)22-15-9-11-16(12-10-15)26-14-5-2/h5,9-12H,2,4,6-8,13-14H2,1,3H3,(H3,20,21,22,23,24,25). The summed E-state index contributed by atoms with van der Waals surface area (Å²) in [5, 5.41) is 9.43. The van der Waals surface area contributed by atoms with E-state index in [4.69, 9.17) is 4.74 Å². The lowest BCUT2D eigenvalue weighted by atomic mass is 10.2. The van der Waals surface area contributed by atoms with Crippen molar-refractivity contribution in [1.29, 1.82) is 0 Å². The van der Waals surface area contributed by atoms with Crippen LogP contribution in [-0.2, 0) is 0 Å². The first-order valence-corrected chi connectivity index (χ1v) is 9.03. The van der Waals surface area contributed by atoms with E-state index < -0.39 is 0 Å². The number of ether oxygens (including phenoxy) is 1. The van der Waals surface area contributed by atoms with Crippen LogP contribution in [0.2, 0.25) is 0 Å². The van der Waals surface area contributed by atoms with E-state index in [1.54, 1.807) is 13.1 Å². The zero-order valence-corrected chi connectivity index (χ0v) is 15.6. The van der Waals surface area contributed by atoms with E-state index >= 15 is 0 Å². The Balaban J connectivity index is 1.98. The maximum Gasteiger partial charge on any atom is 0.233 e. The van der Waals surface area contributed by atoms with Gasteiger partial charge in [0.15, 0.2) is 0 Å². The second-order valence-electron chi connectivity index (χ2n) is 5.79. The molecule has 1 heterocycles. The van der Waals surface area contributed by atoms with Crippen molar-refractivity contribution in [1.82, 2.24) is 15.0 Å². The number of hydrogen-bond donors (Lipinski definition) is 3. The van der Waals surface area contributed by atoms with Gasteiger partial charge in [0.1, 0.15) is 12.4 Å². The molecule has 2 rings (SSSR count). The molecule has 26 heavy (non-hydrogen) atoms. The molecule has 3 N–H and O–H groups in total. The normalized spacial score (nSPS) is 10.2. The molecule has 0 unspecified atom stereocenters. The summed E-state index contributed by atoms with van der Waals surface area (Å²) in [6.45, 7) is 7.18. The van der Waals surface area contributed by atoms with Gasteiger partial charge < -0.3 is 20.7 Å². The molecule has 0 aliphatic heterocycles. The monoisotopic (exact) mass is 356 g/mol. The van der Waals surface area contributed by atoms with Gasteiger partial charge in [0, 0.05) is 19.3 Å². The minimum absolute atomic E-state index is 0.485. The van der Waals surface area contributed by atoms with Crippen molar-refractivity contribution in [3.8, 4) is 5.75 Å². The van der Waals surface area contributed by atoms with E-state index in [1.807, 2.05) is 24.3 Å². The maximum absolute atomic E-state index is 5.48. The molecule has 0 atom stereocenters. The van der Waals surface area contributed by atoms with Gasteiger partial charge >= 0.3 is 0 Å². The molecule has 1 aromatic heterocycles. The van der Waals surface area contributed by atoms with Gasteiger partial charge in [0.2, 0.25) is 17.8 Å². The van der Waals surface area contributed by atoms with Gasteiger partial charge in [-0.25, -0.2) is 0 Å². The fourth-order valence-corrected chi connectivity index (χ4v) is 2.29. The van der Waals surface area contributed by atoms with Crippen LogP contribution in [0.1, 0.15) is 32.6 Å². The molecule has 7 heteroatoms. The second kappa shape index (κ2) is 10.9. The molecule has 0 fully saturated rings. The van der Waals surface area contributed by atoms with Crippen molar-refractivity contribution in [2.24, 2.45) is 0 Å². The minimum Gasteiger partial charge on any atom is -0.490 e. The highest BCUT2D eigenvalue weighted by molar-refractivity contribution is 5.56. The van der Waals surface area contributed by atoms with Gasteiger partial charge in [-0.2, -0.15) is 15.0 Å². The Hall–Kier alpha value is -2.83. The van der Waals surface area contributed by atoms with Crippen LogP contribution < -0.4 is 20.7 Å². The summed E-state index contributed by atoms with van der Waals surface area (Å²) in [6.07, 6.45) is 6.50. The molecule has 0 spiro atoms. The van der Waals surface area contributed by atoms with Crippen LogP contribution in [-0.4, -0.2) is 35.2 Å². The van der Waals surface area contributed by atoms with Gasteiger partial charge in [-0.05, 0) is 30.7 Å². The van der Waals surface area contributed by atoms with Crippen molar-refractivity contribution in [3.05, 3.63) is 36.9 Å². The van der Waals surface area contributed by atoms with Gasteiger partial charge in [0.25, 0.3) is 0 Å². The molecule has 140 valence electrons. The number of benzene rings is 1. The Morgan fingerprint density at radius 2 is 1.73 bits per heavy atom. The lowest BCUT2D eigenvalue weighted by Crippen LogP contribution is -2.10. The van der Waals surface area contributed by atoms with E-state index in [0.717, 1.165) is 24.4 Å². The quantitative estimate of drug-likeness (QED) is 0.388. The molecule has 0 radical (unpaired) electrons. The average molecular weight is 356 g/mol. The predicted octanol–water partition coefficient (Wildman–Crippen LogP) is 4.21. The Kier molecular flexibility index (Phi) is 8.18. The van der Waals surface area contributed by atoms with Crippen LogP contribution in [0.15, 0.2) is 36.9 Å². The number of anilines is 4. The molecule has 0 amide bonds. The van der Waals surface area contributed by atoms with E-state index in [2.05, 4.69) is 44.4 Å². The van der Waals surface area contributed by atoms with Gasteiger partial charge in [-0.1, -0.05) is 38.8 Å². The Labute approximate surface area is 155 Å². The first-order valence-electron chi connectivity index (χ1n) is 9.03. The molecule has 2 aromatic rings. The second-order valence-corrected chi connectivity index (χ2v) is 5.79. The molecule has 0 aliphatic rings. The number of nitrogens with one attached hydrogen (secondary N) is 3. The summed E-state index contributed by atoms with van der Waals surface area (Å²) in [5.74, 6) is 2.36. The van der Waals surface area contributed by atoms with Crippen molar-refractivity contribution < 1.29 is 4.74 Å². The number of nitrogens with zero attached hydrogens (tertiary/aromatic N) is 3. The highest BCUT2D eigenvalue weighted by atomic mass is 16.5. The fraction of sp³-hybridized carbons (Fsp3) is 0.421. The minimum atomic E-state index is 0.485. The molecule has 0 aliphatic carbocycles. The van der Waals surface area contributed by atoms with Crippen molar-refractivity contribution in [3.63, 3.8) is 0 Å². The van der Waals surface area contributed by atoms with Crippen molar-refractivity contribution in [2.75, 3.05) is 36.1 Å². The third-order valence-electron chi connectivity index (χ3n) is 3.65. The van der Waals surface area contributed by atoms with Crippen LogP contribution in [0, 0.1) is 0 Å². The van der Waals surface area contributed by atoms with Crippen molar-refractivity contribution in [2.45, 2.75) is 32.6 Å². The molecule has 0 bridgehead atoms. The van der Waals surface area contributed by atoms with E-state index in [1.165, 1.54) is 19.3 Å². The SMILES string of the molecule is C=CCOc1ccc(Nc2nc(NC)nc(NCCCCCC)n2)cc1. The smallest absolute Gasteiger partial charge is 0.233 e. The summed E-state index contributed by atoms with van der Waals surface area (Å²) in [4.78, 5) is 13.1. The van der Waals surface area contributed by atoms with E-state index in [-0.39, 0.29) is 0 Å². The number of rotatable bonds is 12. The number of hydrogen-bond acceptors (Lipinski definition) is 7. The topological polar surface area (TPSA) is 84.0 Å². The lowest BCUT2D eigenvalue weighted by molar-refractivity contribution is 0.363. The third-order valence-corrected chi connectivity index (χ3v) is 3.65. The lowest BCUT2D eigenvalue weighted by Gasteiger charge is -2.10. The van der Waals surface area contributed by atoms with Gasteiger partial charge in [0.05, 0.1) is 0 Å². The molecule has 1 aromatic carbocycles. The van der Waals surface area contributed by atoms with Gasteiger partial charge in [-0.15, -0.1) is 0 Å². The Morgan fingerprint density at radius 3 is 2.42 bits per heavy atom. The van der Waals surface area contributed by atoms with Crippen molar-refractivity contribution >= 4 is 23.5 Å². The zero-order valence-electron chi connectivity index (χ0n) is 15.6. The summed E-state index contributed by atoms with van der Waals surface area (Å²) in [5.41, 5.74) is 0.873. The molecular formula is C19H28N6O. The first-order chi connectivity index (χ1) is 12.7. The first kappa shape index (κ1) is 19.5. The number of unbranched alkanes of at least 4 members (excludes halogenated alkanes) is 3.